The van der Waals surface area contributed by atoms with Gasteiger partial charge in [-0.1, -0.05) is 29.3 Å². The number of rotatable bonds is 6. The SMILES string of the molecule is O=C(CNC(=O)c1ccc(Cl)cc1Cl)Nc1cccc(C(=O)NC2CC2)c1. The fraction of sp³-hybridized carbons (Fsp3) is 0.211. The zero-order valence-electron chi connectivity index (χ0n) is 14.2. The molecular weight excluding hydrogens is 389 g/mol. The Morgan fingerprint density at radius 3 is 2.48 bits per heavy atom. The molecule has 0 atom stereocenters. The zero-order valence-corrected chi connectivity index (χ0v) is 15.7. The molecule has 3 amide bonds. The molecule has 0 bridgehead atoms. The molecule has 3 N–H and O–H groups in total. The Balaban J connectivity index is 1.54. The zero-order chi connectivity index (χ0) is 19.4. The van der Waals surface area contributed by atoms with Crippen LogP contribution < -0.4 is 16.0 Å². The van der Waals surface area contributed by atoms with Crippen LogP contribution in [0.3, 0.4) is 0 Å². The summed E-state index contributed by atoms with van der Waals surface area (Å²) in [5.74, 6) is -1.07. The Bertz CT molecular complexity index is 898. The molecule has 0 heterocycles. The average molecular weight is 406 g/mol. The van der Waals surface area contributed by atoms with E-state index in [1.54, 1.807) is 30.3 Å². The van der Waals surface area contributed by atoms with Gasteiger partial charge in [0.1, 0.15) is 0 Å². The van der Waals surface area contributed by atoms with Crippen LogP contribution in [0.1, 0.15) is 33.6 Å². The van der Waals surface area contributed by atoms with Gasteiger partial charge in [-0.2, -0.15) is 0 Å². The molecule has 140 valence electrons. The van der Waals surface area contributed by atoms with Crippen molar-refractivity contribution in [1.29, 1.82) is 0 Å². The van der Waals surface area contributed by atoms with Crippen molar-refractivity contribution in [2.24, 2.45) is 0 Å². The second-order valence-electron chi connectivity index (χ2n) is 6.18. The third kappa shape index (κ3) is 5.45. The third-order valence-electron chi connectivity index (χ3n) is 3.91. The number of anilines is 1. The Hall–Kier alpha value is -2.57. The lowest BCUT2D eigenvalue weighted by molar-refractivity contribution is -0.115. The fourth-order valence-corrected chi connectivity index (χ4v) is 2.86. The van der Waals surface area contributed by atoms with Crippen molar-refractivity contribution < 1.29 is 14.4 Å². The number of carbonyl (C=O) groups is 3. The molecule has 2 aromatic rings. The van der Waals surface area contributed by atoms with E-state index in [0.29, 0.717) is 16.3 Å². The number of benzene rings is 2. The maximum atomic E-state index is 12.1. The first-order valence-electron chi connectivity index (χ1n) is 8.36. The topological polar surface area (TPSA) is 87.3 Å². The molecule has 3 rings (SSSR count). The van der Waals surface area contributed by atoms with Crippen molar-refractivity contribution in [3.63, 3.8) is 0 Å². The summed E-state index contributed by atoms with van der Waals surface area (Å²) in [7, 11) is 0. The second-order valence-corrected chi connectivity index (χ2v) is 7.03. The smallest absolute Gasteiger partial charge is 0.253 e. The van der Waals surface area contributed by atoms with Gasteiger partial charge >= 0.3 is 0 Å². The van der Waals surface area contributed by atoms with E-state index in [2.05, 4.69) is 16.0 Å². The highest BCUT2D eigenvalue weighted by Gasteiger charge is 2.23. The minimum absolute atomic E-state index is 0.167. The number of carbonyl (C=O) groups excluding carboxylic acids is 3. The van der Waals surface area contributed by atoms with Crippen molar-refractivity contribution in [3.05, 3.63) is 63.6 Å². The van der Waals surface area contributed by atoms with Gasteiger partial charge in [0.15, 0.2) is 0 Å². The van der Waals surface area contributed by atoms with E-state index in [4.69, 9.17) is 23.2 Å². The van der Waals surface area contributed by atoms with E-state index in [0.717, 1.165) is 12.8 Å². The Morgan fingerprint density at radius 2 is 1.78 bits per heavy atom. The Labute approximate surface area is 166 Å². The van der Waals surface area contributed by atoms with Crippen molar-refractivity contribution >= 4 is 46.6 Å². The maximum absolute atomic E-state index is 12.1. The maximum Gasteiger partial charge on any atom is 0.253 e. The monoisotopic (exact) mass is 405 g/mol. The molecule has 1 fully saturated rings. The van der Waals surface area contributed by atoms with Gasteiger partial charge in [-0.25, -0.2) is 0 Å². The molecule has 0 aliphatic heterocycles. The third-order valence-corrected chi connectivity index (χ3v) is 4.45. The van der Waals surface area contributed by atoms with Crippen molar-refractivity contribution in [1.82, 2.24) is 10.6 Å². The highest BCUT2D eigenvalue weighted by molar-refractivity contribution is 6.36. The van der Waals surface area contributed by atoms with Crippen molar-refractivity contribution in [2.45, 2.75) is 18.9 Å². The molecule has 1 aliphatic rings. The van der Waals surface area contributed by atoms with Gasteiger partial charge in [0, 0.05) is 22.3 Å². The van der Waals surface area contributed by atoms with Gasteiger partial charge < -0.3 is 16.0 Å². The van der Waals surface area contributed by atoms with E-state index in [1.165, 1.54) is 12.1 Å². The van der Waals surface area contributed by atoms with E-state index >= 15 is 0 Å². The lowest BCUT2D eigenvalue weighted by Gasteiger charge is -2.09. The summed E-state index contributed by atoms with van der Waals surface area (Å²) in [5, 5.41) is 8.65. The number of nitrogens with one attached hydrogen (secondary N) is 3. The van der Waals surface area contributed by atoms with Crippen molar-refractivity contribution in [3.8, 4) is 0 Å². The van der Waals surface area contributed by atoms with E-state index in [1.807, 2.05) is 0 Å². The lowest BCUT2D eigenvalue weighted by Crippen LogP contribution is -2.33. The summed E-state index contributed by atoms with van der Waals surface area (Å²) in [6.45, 7) is -0.240. The van der Waals surface area contributed by atoms with Crippen LogP contribution in [0, 0.1) is 0 Å². The van der Waals surface area contributed by atoms with Crippen LogP contribution in [-0.2, 0) is 4.79 Å². The van der Waals surface area contributed by atoms with Crippen LogP contribution in [0.4, 0.5) is 5.69 Å². The van der Waals surface area contributed by atoms with Crippen LogP contribution in [-0.4, -0.2) is 30.3 Å². The summed E-state index contributed by atoms with van der Waals surface area (Å²) in [5.41, 5.74) is 1.17. The summed E-state index contributed by atoms with van der Waals surface area (Å²) in [6, 6.07) is 11.4. The van der Waals surface area contributed by atoms with Crippen LogP contribution in [0.2, 0.25) is 10.0 Å². The van der Waals surface area contributed by atoms with Gasteiger partial charge in [0.2, 0.25) is 5.91 Å². The standard InChI is InChI=1S/C19H17Cl2N3O3/c20-12-4-7-15(16(21)9-12)19(27)22-10-17(25)23-14-3-1-2-11(8-14)18(26)24-13-5-6-13/h1-4,7-9,13H,5-6,10H2,(H,22,27)(H,23,25)(H,24,26). The van der Waals surface area contributed by atoms with Gasteiger partial charge in [0.05, 0.1) is 17.1 Å². The van der Waals surface area contributed by atoms with Gasteiger partial charge in [-0.05, 0) is 49.2 Å². The minimum Gasteiger partial charge on any atom is -0.349 e. The average Bonchev–Trinajstić information content (AvgIpc) is 3.44. The number of hydrogen-bond acceptors (Lipinski definition) is 3. The van der Waals surface area contributed by atoms with E-state index in [-0.39, 0.29) is 29.1 Å². The van der Waals surface area contributed by atoms with Crippen LogP contribution in [0.15, 0.2) is 42.5 Å². The molecule has 1 saturated carbocycles. The van der Waals surface area contributed by atoms with E-state index < -0.39 is 11.8 Å². The lowest BCUT2D eigenvalue weighted by atomic mass is 10.2. The quantitative estimate of drug-likeness (QED) is 0.688. The van der Waals surface area contributed by atoms with Crippen LogP contribution in [0.5, 0.6) is 0 Å². The largest absolute Gasteiger partial charge is 0.349 e. The van der Waals surface area contributed by atoms with Gasteiger partial charge in [0.25, 0.3) is 11.8 Å². The van der Waals surface area contributed by atoms with Crippen molar-refractivity contribution in [2.75, 3.05) is 11.9 Å². The van der Waals surface area contributed by atoms with E-state index in [9.17, 15) is 14.4 Å². The molecule has 0 saturated heterocycles. The predicted molar refractivity (Wildman–Crippen MR) is 104 cm³/mol. The summed E-state index contributed by atoms with van der Waals surface area (Å²) >= 11 is 11.8. The Morgan fingerprint density at radius 1 is 1.00 bits per heavy atom. The van der Waals surface area contributed by atoms with Gasteiger partial charge in [-0.3, -0.25) is 14.4 Å². The molecule has 0 spiro atoms. The molecular formula is C19H17Cl2N3O3. The number of amides is 3. The highest BCUT2D eigenvalue weighted by atomic mass is 35.5. The number of halogens is 2. The molecule has 2 aromatic carbocycles. The number of hydrogen-bond donors (Lipinski definition) is 3. The summed E-state index contributed by atoms with van der Waals surface area (Å²) < 4.78 is 0. The van der Waals surface area contributed by atoms with Crippen LogP contribution >= 0.6 is 23.2 Å². The molecule has 1 aliphatic carbocycles. The summed E-state index contributed by atoms with van der Waals surface area (Å²) in [4.78, 5) is 36.2. The first kappa shape index (κ1) is 19.2. The molecule has 0 radical (unpaired) electrons. The first-order chi connectivity index (χ1) is 12.9. The van der Waals surface area contributed by atoms with Crippen LogP contribution in [0.25, 0.3) is 0 Å². The molecule has 6 nitrogen and oxygen atoms in total. The van der Waals surface area contributed by atoms with Gasteiger partial charge in [-0.15, -0.1) is 0 Å². The second kappa shape index (κ2) is 8.41. The molecule has 0 unspecified atom stereocenters. The fourth-order valence-electron chi connectivity index (χ4n) is 2.37. The molecule has 0 aromatic heterocycles. The normalized spacial score (nSPS) is 13.0. The molecule has 27 heavy (non-hydrogen) atoms. The first-order valence-corrected chi connectivity index (χ1v) is 9.12. The summed E-state index contributed by atoms with van der Waals surface area (Å²) in [6.07, 6.45) is 2.00. The Kier molecular flexibility index (Phi) is 5.98. The predicted octanol–water partition coefficient (Wildman–Crippen LogP) is 3.25. The molecule has 8 heteroatoms. The minimum atomic E-state index is -0.482. The highest BCUT2D eigenvalue weighted by Crippen LogP contribution is 2.21.